The van der Waals surface area contributed by atoms with Crippen molar-refractivity contribution in [2.75, 3.05) is 13.7 Å². The number of ether oxygens (including phenoxy) is 2. The minimum Gasteiger partial charge on any atom is -0.490 e. The molecule has 7 nitrogen and oxygen atoms in total. The van der Waals surface area contributed by atoms with Gasteiger partial charge in [0, 0.05) is 5.57 Å². The molecule has 1 aromatic carbocycles. The normalized spacial score (nSPS) is 15.4. The quantitative estimate of drug-likeness (QED) is 0.565. The van der Waals surface area contributed by atoms with E-state index in [0.717, 1.165) is 0 Å². The van der Waals surface area contributed by atoms with Crippen molar-refractivity contribution >= 4 is 23.4 Å². The van der Waals surface area contributed by atoms with Crippen LogP contribution in [-0.2, 0) is 19.1 Å². The number of aliphatic hydroxyl groups is 1. The molecule has 0 aliphatic carbocycles. The van der Waals surface area contributed by atoms with Crippen molar-refractivity contribution in [3.63, 3.8) is 0 Å². The van der Waals surface area contributed by atoms with E-state index in [0.29, 0.717) is 28.9 Å². The van der Waals surface area contributed by atoms with Gasteiger partial charge in [0.05, 0.1) is 12.7 Å². The van der Waals surface area contributed by atoms with E-state index in [1.165, 1.54) is 7.11 Å². The Hall–Kier alpha value is -2.67. The Bertz CT molecular complexity index is 705. The van der Waals surface area contributed by atoms with Gasteiger partial charge in [-0.05, 0) is 30.0 Å². The van der Waals surface area contributed by atoms with Gasteiger partial charge in [0.1, 0.15) is 12.4 Å². The van der Waals surface area contributed by atoms with E-state index >= 15 is 0 Å². The number of aliphatic hydroxyl groups excluding tert-OH is 1. The number of carbonyl (C=O) groups excluding carboxylic acids is 3. The molecule has 0 spiro atoms. The molecule has 1 aliphatic rings. The molecule has 0 unspecified atom stereocenters. The summed E-state index contributed by atoms with van der Waals surface area (Å²) < 4.78 is 9.71. The number of methoxy groups -OCH3 is 1. The highest BCUT2D eigenvalue weighted by atomic mass is 16.5. The fourth-order valence-electron chi connectivity index (χ4n) is 2.50. The summed E-state index contributed by atoms with van der Waals surface area (Å²) in [5.41, 5.74) is 1.47. The van der Waals surface area contributed by atoms with Gasteiger partial charge in [0.15, 0.2) is 6.10 Å². The summed E-state index contributed by atoms with van der Waals surface area (Å²) >= 11 is 0. The Morgan fingerprint density at radius 3 is 2.36 bits per heavy atom. The average Bonchev–Trinajstić information content (AvgIpc) is 2.85. The molecule has 0 bridgehead atoms. The number of nitrogens with one attached hydrogen (secondary N) is 1. The first-order valence-electron chi connectivity index (χ1n) is 7.91. The van der Waals surface area contributed by atoms with E-state index in [1.54, 1.807) is 24.3 Å². The molecule has 1 heterocycles. The lowest BCUT2D eigenvalue weighted by molar-refractivity contribution is -0.151. The molecule has 2 amide bonds. The van der Waals surface area contributed by atoms with Crippen LogP contribution in [0.3, 0.4) is 0 Å². The zero-order chi connectivity index (χ0) is 18.6. The molecule has 25 heavy (non-hydrogen) atoms. The van der Waals surface area contributed by atoms with Crippen LogP contribution in [0, 0.1) is 5.92 Å². The van der Waals surface area contributed by atoms with Gasteiger partial charge < -0.3 is 14.6 Å². The van der Waals surface area contributed by atoms with E-state index in [9.17, 15) is 19.5 Å². The van der Waals surface area contributed by atoms with Crippen molar-refractivity contribution in [2.24, 2.45) is 5.92 Å². The van der Waals surface area contributed by atoms with Gasteiger partial charge in [0.25, 0.3) is 11.8 Å². The van der Waals surface area contributed by atoms with Crippen molar-refractivity contribution in [3.8, 4) is 5.75 Å². The highest BCUT2D eigenvalue weighted by Crippen LogP contribution is 2.29. The predicted molar refractivity (Wildman–Crippen MR) is 89.5 cm³/mol. The van der Waals surface area contributed by atoms with Gasteiger partial charge in [-0.3, -0.25) is 14.9 Å². The lowest BCUT2D eigenvalue weighted by Crippen LogP contribution is -2.28. The lowest BCUT2D eigenvalue weighted by Gasteiger charge is -2.11. The SMILES string of the molecule is COC(=O)[C@H](O)COc1ccc(C2=C(CC(C)C)C(=O)NC2=O)cc1. The van der Waals surface area contributed by atoms with Crippen molar-refractivity contribution < 1.29 is 29.0 Å². The fourth-order valence-corrected chi connectivity index (χ4v) is 2.50. The molecule has 1 aromatic rings. The van der Waals surface area contributed by atoms with Gasteiger partial charge in [0.2, 0.25) is 0 Å². The van der Waals surface area contributed by atoms with Crippen LogP contribution in [0.15, 0.2) is 29.8 Å². The molecule has 0 saturated carbocycles. The molecule has 7 heteroatoms. The average molecular weight is 347 g/mol. The number of benzene rings is 1. The van der Waals surface area contributed by atoms with E-state index in [1.807, 2.05) is 13.8 Å². The summed E-state index contributed by atoms with van der Waals surface area (Å²) in [6, 6.07) is 6.53. The Morgan fingerprint density at radius 2 is 1.80 bits per heavy atom. The summed E-state index contributed by atoms with van der Waals surface area (Å²) in [7, 11) is 1.18. The first kappa shape index (κ1) is 18.7. The second-order valence-corrected chi connectivity index (χ2v) is 6.11. The molecule has 1 atom stereocenters. The number of carbonyl (C=O) groups is 3. The fraction of sp³-hybridized carbons (Fsp3) is 0.389. The van der Waals surface area contributed by atoms with Gasteiger partial charge in [-0.25, -0.2) is 4.79 Å². The molecule has 0 fully saturated rings. The molecule has 134 valence electrons. The Kier molecular flexibility index (Phi) is 5.93. The van der Waals surface area contributed by atoms with Crippen LogP contribution < -0.4 is 10.1 Å². The molecule has 0 aromatic heterocycles. The van der Waals surface area contributed by atoms with Crippen LogP contribution >= 0.6 is 0 Å². The highest BCUT2D eigenvalue weighted by molar-refractivity contribution is 6.35. The van der Waals surface area contributed by atoms with Crippen LogP contribution in [0.5, 0.6) is 5.75 Å². The molecule has 2 rings (SSSR count). The summed E-state index contributed by atoms with van der Waals surface area (Å²) in [4.78, 5) is 35.2. The third-order valence-electron chi connectivity index (χ3n) is 3.67. The number of hydrogen-bond acceptors (Lipinski definition) is 6. The minimum absolute atomic E-state index is 0.240. The number of esters is 1. The monoisotopic (exact) mass is 347 g/mol. The molecule has 2 N–H and O–H groups in total. The summed E-state index contributed by atoms with van der Waals surface area (Å²) in [6.45, 7) is 3.71. The van der Waals surface area contributed by atoms with E-state index in [4.69, 9.17) is 4.74 Å². The van der Waals surface area contributed by atoms with Crippen molar-refractivity contribution in [1.82, 2.24) is 5.32 Å². The van der Waals surface area contributed by atoms with Crippen molar-refractivity contribution in [1.29, 1.82) is 0 Å². The predicted octanol–water partition coefficient (Wildman–Crippen LogP) is 1.06. The summed E-state index contributed by atoms with van der Waals surface area (Å²) in [5, 5.41) is 11.8. The highest BCUT2D eigenvalue weighted by Gasteiger charge is 2.31. The Morgan fingerprint density at radius 1 is 1.16 bits per heavy atom. The summed E-state index contributed by atoms with van der Waals surface area (Å²) in [6.07, 6.45) is -0.862. The first-order valence-corrected chi connectivity index (χ1v) is 7.91. The third-order valence-corrected chi connectivity index (χ3v) is 3.67. The smallest absolute Gasteiger partial charge is 0.338 e. The van der Waals surface area contributed by atoms with Crippen LogP contribution in [0.4, 0.5) is 0 Å². The zero-order valence-electron chi connectivity index (χ0n) is 14.4. The van der Waals surface area contributed by atoms with Gasteiger partial charge in [-0.2, -0.15) is 0 Å². The second-order valence-electron chi connectivity index (χ2n) is 6.11. The third kappa shape index (κ3) is 4.45. The number of amides is 2. The van der Waals surface area contributed by atoms with Crippen LogP contribution in [-0.4, -0.2) is 42.7 Å². The second kappa shape index (κ2) is 7.94. The van der Waals surface area contributed by atoms with E-state index in [-0.39, 0.29) is 18.4 Å². The van der Waals surface area contributed by atoms with Crippen molar-refractivity contribution in [2.45, 2.75) is 26.4 Å². The largest absolute Gasteiger partial charge is 0.490 e. The molecular formula is C18H21NO6. The standard InChI is InChI=1S/C18H21NO6/c1-10(2)8-13-15(17(22)19-16(13)21)11-4-6-12(7-5-11)25-9-14(20)18(23)24-3/h4-7,10,14,20H,8-9H2,1-3H3,(H,19,21,22)/t14-/m1/s1. The topological polar surface area (TPSA) is 102 Å². The van der Waals surface area contributed by atoms with Crippen molar-refractivity contribution in [3.05, 3.63) is 35.4 Å². The minimum atomic E-state index is -1.37. The van der Waals surface area contributed by atoms with Crippen LogP contribution in [0.2, 0.25) is 0 Å². The number of rotatable bonds is 7. The number of imide groups is 1. The maximum Gasteiger partial charge on any atom is 0.338 e. The molecular weight excluding hydrogens is 326 g/mol. The molecule has 0 radical (unpaired) electrons. The van der Waals surface area contributed by atoms with Gasteiger partial charge in [-0.1, -0.05) is 26.0 Å². The molecule has 0 saturated heterocycles. The lowest BCUT2D eigenvalue weighted by atomic mass is 9.95. The maximum atomic E-state index is 12.1. The first-order chi connectivity index (χ1) is 11.8. The van der Waals surface area contributed by atoms with Crippen LogP contribution in [0.1, 0.15) is 25.8 Å². The Balaban J connectivity index is 2.15. The zero-order valence-corrected chi connectivity index (χ0v) is 14.4. The van der Waals surface area contributed by atoms with Gasteiger partial charge in [-0.15, -0.1) is 0 Å². The number of hydrogen-bond donors (Lipinski definition) is 2. The van der Waals surface area contributed by atoms with E-state index < -0.39 is 18.0 Å². The maximum absolute atomic E-state index is 12.1. The summed E-state index contributed by atoms with van der Waals surface area (Å²) in [5.74, 6) is -0.876. The van der Waals surface area contributed by atoms with Gasteiger partial charge >= 0.3 is 5.97 Å². The van der Waals surface area contributed by atoms with Crippen LogP contribution in [0.25, 0.3) is 5.57 Å². The molecule has 1 aliphatic heterocycles. The van der Waals surface area contributed by atoms with E-state index in [2.05, 4.69) is 10.1 Å². The Labute approximate surface area is 145 Å².